The first kappa shape index (κ1) is 14.1. The van der Waals surface area contributed by atoms with Crippen LogP contribution < -0.4 is 5.32 Å². The maximum Gasteiger partial charge on any atom is 0.0208 e. The van der Waals surface area contributed by atoms with Crippen LogP contribution >= 0.6 is 15.9 Å². The first-order valence-corrected chi connectivity index (χ1v) is 7.89. The van der Waals surface area contributed by atoms with E-state index in [1.165, 1.54) is 34.9 Å². The topological polar surface area (TPSA) is 12.0 Å². The van der Waals surface area contributed by atoms with Crippen molar-refractivity contribution in [2.24, 2.45) is 11.8 Å². The molecule has 0 aromatic heterocycles. The van der Waals surface area contributed by atoms with Crippen LogP contribution in [0.5, 0.6) is 0 Å². The van der Waals surface area contributed by atoms with Crippen molar-refractivity contribution in [2.45, 2.75) is 52.6 Å². The van der Waals surface area contributed by atoms with Gasteiger partial charge in [-0.25, -0.2) is 0 Å². The molecule has 1 aromatic carbocycles. The standard InChI is InChI=1S/C16H24BrN/c1-4-14-6-8-16(12(14)3)18-10-13-5-7-15(17)11(2)9-13/h5,7,9,12,14,16,18H,4,6,8,10H2,1-3H3. The molecule has 0 bridgehead atoms. The van der Waals surface area contributed by atoms with Crippen molar-refractivity contribution in [1.82, 2.24) is 5.32 Å². The van der Waals surface area contributed by atoms with E-state index in [1.807, 2.05) is 0 Å². The third-order valence-electron chi connectivity index (χ3n) is 4.54. The zero-order valence-corrected chi connectivity index (χ0v) is 13.3. The van der Waals surface area contributed by atoms with E-state index >= 15 is 0 Å². The molecule has 1 saturated carbocycles. The van der Waals surface area contributed by atoms with Gasteiger partial charge in [-0.2, -0.15) is 0 Å². The van der Waals surface area contributed by atoms with Crippen LogP contribution in [0.1, 0.15) is 44.2 Å². The fraction of sp³-hybridized carbons (Fsp3) is 0.625. The van der Waals surface area contributed by atoms with Gasteiger partial charge in [-0.3, -0.25) is 0 Å². The fourth-order valence-electron chi connectivity index (χ4n) is 3.18. The highest BCUT2D eigenvalue weighted by molar-refractivity contribution is 9.10. The van der Waals surface area contributed by atoms with Gasteiger partial charge >= 0.3 is 0 Å². The Morgan fingerprint density at radius 1 is 1.33 bits per heavy atom. The summed E-state index contributed by atoms with van der Waals surface area (Å²) in [7, 11) is 0. The van der Waals surface area contributed by atoms with Gasteiger partial charge in [-0.15, -0.1) is 0 Å². The number of hydrogen-bond acceptors (Lipinski definition) is 1. The molecule has 1 N–H and O–H groups in total. The third-order valence-corrected chi connectivity index (χ3v) is 5.43. The second-order valence-corrected chi connectivity index (χ2v) is 6.53. The second-order valence-electron chi connectivity index (χ2n) is 5.68. The minimum atomic E-state index is 0.707. The average molecular weight is 310 g/mol. The van der Waals surface area contributed by atoms with Crippen LogP contribution in [0.4, 0.5) is 0 Å². The molecule has 0 heterocycles. The van der Waals surface area contributed by atoms with Crippen molar-refractivity contribution in [1.29, 1.82) is 0 Å². The van der Waals surface area contributed by atoms with E-state index in [1.54, 1.807) is 0 Å². The molecular weight excluding hydrogens is 286 g/mol. The second kappa shape index (κ2) is 6.21. The molecule has 3 unspecified atom stereocenters. The number of rotatable bonds is 4. The zero-order valence-electron chi connectivity index (χ0n) is 11.7. The van der Waals surface area contributed by atoms with Gasteiger partial charge in [0.2, 0.25) is 0 Å². The van der Waals surface area contributed by atoms with E-state index in [-0.39, 0.29) is 0 Å². The predicted octanol–water partition coefficient (Wildman–Crippen LogP) is 4.67. The van der Waals surface area contributed by atoms with Crippen LogP contribution in [-0.2, 0) is 6.54 Å². The molecule has 18 heavy (non-hydrogen) atoms. The normalized spacial score (nSPS) is 27.7. The average Bonchev–Trinajstić information content (AvgIpc) is 2.72. The Morgan fingerprint density at radius 3 is 2.72 bits per heavy atom. The third kappa shape index (κ3) is 3.16. The van der Waals surface area contributed by atoms with Gasteiger partial charge in [-0.05, 0) is 48.8 Å². The van der Waals surface area contributed by atoms with Crippen LogP contribution in [0.25, 0.3) is 0 Å². The highest BCUT2D eigenvalue weighted by Crippen LogP contribution is 2.34. The maximum atomic E-state index is 3.74. The number of nitrogens with one attached hydrogen (secondary N) is 1. The zero-order chi connectivity index (χ0) is 13.1. The summed E-state index contributed by atoms with van der Waals surface area (Å²) in [5, 5.41) is 3.74. The quantitative estimate of drug-likeness (QED) is 0.852. The van der Waals surface area contributed by atoms with Crippen LogP contribution in [-0.4, -0.2) is 6.04 Å². The van der Waals surface area contributed by atoms with Gasteiger partial charge in [0.1, 0.15) is 0 Å². The Bertz CT molecular complexity index is 402. The van der Waals surface area contributed by atoms with E-state index in [4.69, 9.17) is 0 Å². The fourth-order valence-corrected chi connectivity index (χ4v) is 3.42. The SMILES string of the molecule is CCC1CCC(NCc2ccc(Br)c(C)c2)C1C. The van der Waals surface area contributed by atoms with Crippen LogP contribution in [0.2, 0.25) is 0 Å². The van der Waals surface area contributed by atoms with Crippen LogP contribution in [0.3, 0.4) is 0 Å². The van der Waals surface area contributed by atoms with Crippen molar-refractivity contribution in [2.75, 3.05) is 0 Å². The van der Waals surface area contributed by atoms with Gasteiger partial charge in [-0.1, -0.05) is 48.3 Å². The summed E-state index contributed by atoms with van der Waals surface area (Å²) in [5.74, 6) is 1.75. The molecule has 1 fully saturated rings. The summed E-state index contributed by atoms with van der Waals surface area (Å²) in [6, 6.07) is 7.34. The predicted molar refractivity (Wildman–Crippen MR) is 81.7 cm³/mol. The van der Waals surface area contributed by atoms with E-state index in [0.29, 0.717) is 6.04 Å². The van der Waals surface area contributed by atoms with Crippen molar-refractivity contribution in [3.8, 4) is 0 Å². The van der Waals surface area contributed by atoms with Gasteiger partial charge in [0.25, 0.3) is 0 Å². The minimum Gasteiger partial charge on any atom is -0.310 e. The van der Waals surface area contributed by atoms with Crippen LogP contribution in [0, 0.1) is 18.8 Å². The summed E-state index contributed by atoms with van der Waals surface area (Å²) in [6.07, 6.45) is 4.07. The molecular formula is C16H24BrN. The molecule has 0 amide bonds. The van der Waals surface area contributed by atoms with Crippen molar-refractivity contribution in [3.63, 3.8) is 0 Å². The minimum absolute atomic E-state index is 0.707. The van der Waals surface area contributed by atoms with Crippen LogP contribution in [0.15, 0.2) is 22.7 Å². The molecule has 0 radical (unpaired) electrons. The molecule has 0 spiro atoms. The molecule has 1 aliphatic carbocycles. The molecule has 0 saturated heterocycles. The summed E-state index contributed by atoms with van der Waals surface area (Å²) < 4.78 is 1.20. The lowest BCUT2D eigenvalue weighted by atomic mass is 9.93. The lowest BCUT2D eigenvalue weighted by molar-refractivity contribution is 0.344. The van der Waals surface area contributed by atoms with Crippen molar-refractivity contribution >= 4 is 15.9 Å². The van der Waals surface area contributed by atoms with E-state index in [2.05, 4.69) is 60.2 Å². The molecule has 2 rings (SSSR count). The summed E-state index contributed by atoms with van der Waals surface area (Å²) in [6.45, 7) is 7.88. The molecule has 1 aromatic rings. The maximum absolute atomic E-state index is 3.74. The number of hydrogen-bond donors (Lipinski definition) is 1. The van der Waals surface area contributed by atoms with E-state index in [0.717, 1.165) is 18.4 Å². The molecule has 2 heteroatoms. The Hall–Kier alpha value is -0.340. The van der Waals surface area contributed by atoms with E-state index < -0.39 is 0 Å². The van der Waals surface area contributed by atoms with Gasteiger partial charge in [0.15, 0.2) is 0 Å². The first-order chi connectivity index (χ1) is 8.61. The first-order valence-electron chi connectivity index (χ1n) is 7.10. The monoisotopic (exact) mass is 309 g/mol. The molecule has 3 atom stereocenters. The Kier molecular flexibility index (Phi) is 4.85. The van der Waals surface area contributed by atoms with Gasteiger partial charge < -0.3 is 5.32 Å². The Balaban J connectivity index is 1.90. The molecule has 100 valence electrons. The summed E-state index contributed by atoms with van der Waals surface area (Å²) in [4.78, 5) is 0. The highest BCUT2D eigenvalue weighted by atomic mass is 79.9. The molecule has 1 nitrogen and oxygen atoms in total. The smallest absolute Gasteiger partial charge is 0.0208 e. The lowest BCUT2D eigenvalue weighted by Crippen LogP contribution is -2.32. The largest absolute Gasteiger partial charge is 0.310 e. The molecule has 0 aliphatic heterocycles. The van der Waals surface area contributed by atoms with Crippen molar-refractivity contribution < 1.29 is 0 Å². The van der Waals surface area contributed by atoms with Gasteiger partial charge in [0, 0.05) is 17.1 Å². The summed E-state index contributed by atoms with van der Waals surface area (Å²) >= 11 is 3.55. The lowest BCUT2D eigenvalue weighted by Gasteiger charge is -2.21. The Labute approximate surface area is 119 Å². The highest BCUT2D eigenvalue weighted by Gasteiger charge is 2.30. The number of aryl methyl sites for hydroxylation is 1. The Morgan fingerprint density at radius 2 is 2.11 bits per heavy atom. The van der Waals surface area contributed by atoms with E-state index in [9.17, 15) is 0 Å². The van der Waals surface area contributed by atoms with Crippen molar-refractivity contribution in [3.05, 3.63) is 33.8 Å². The number of halogens is 1. The summed E-state index contributed by atoms with van der Waals surface area (Å²) in [5.41, 5.74) is 2.71. The number of benzene rings is 1. The van der Waals surface area contributed by atoms with Gasteiger partial charge in [0.05, 0.1) is 0 Å². The molecule has 1 aliphatic rings.